The number of hydrogen-bond donors (Lipinski definition) is 1. The summed E-state index contributed by atoms with van der Waals surface area (Å²) in [6.45, 7) is 10.3. The van der Waals surface area contributed by atoms with Crippen molar-refractivity contribution in [2.75, 3.05) is 0 Å². The van der Waals surface area contributed by atoms with E-state index in [0.29, 0.717) is 5.92 Å². The molecule has 1 N–H and O–H groups in total. The van der Waals surface area contributed by atoms with Crippen LogP contribution in [0.4, 0.5) is 0 Å². The average molecular weight is 222 g/mol. The molecule has 0 aromatic carbocycles. The van der Waals surface area contributed by atoms with Gasteiger partial charge in [0, 0.05) is 0 Å². The minimum Gasteiger partial charge on any atom is -0.390 e. The van der Waals surface area contributed by atoms with Crippen molar-refractivity contribution in [3.05, 3.63) is 23.8 Å². The summed E-state index contributed by atoms with van der Waals surface area (Å²) in [4.78, 5) is 0. The van der Waals surface area contributed by atoms with Crippen molar-refractivity contribution >= 4 is 0 Å². The summed E-state index contributed by atoms with van der Waals surface area (Å²) >= 11 is 0. The van der Waals surface area contributed by atoms with Gasteiger partial charge in [-0.05, 0) is 65.2 Å². The molecule has 0 bridgehead atoms. The molecule has 16 heavy (non-hydrogen) atoms. The van der Waals surface area contributed by atoms with Crippen LogP contribution in [0.1, 0.15) is 59.3 Å². The SMILES string of the molecule is C=C1CCC([C@](C)(O)CCC=C(C)C)CC1. The highest BCUT2D eigenvalue weighted by molar-refractivity contribution is 5.02. The molecule has 1 saturated carbocycles. The summed E-state index contributed by atoms with van der Waals surface area (Å²) in [5.41, 5.74) is 2.20. The maximum absolute atomic E-state index is 10.5. The quantitative estimate of drug-likeness (QED) is 0.706. The third kappa shape index (κ3) is 4.13. The zero-order valence-electron chi connectivity index (χ0n) is 11.1. The molecule has 0 heterocycles. The first kappa shape index (κ1) is 13.5. The number of rotatable bonds is 4. The van der Waals surface area contributed by atoms with Gasteiger partial charge in [-0.1, -0.05) is 23.8 Å². The average Bonchev–Trinajstić information content (AvgIpc) is 2.17. The lowest BCUT2D eigenvalue weighted by atomic mass is 9.74. The van der Waals surface area contributed by atoms with Crippen LogP contribution in [0.3, 0.4) is 0 Å². The summed E-state index contributed by atoms with van der Waals surface area (Å²) in [6.07, 6.45) is 8.52. The van der Waals surface area contributed by atoms with Gasteiger partial charge in [-0.15, -0.1) is 0 Å². The van der Waals surface area contributed by atoms with Crippen molar-refractivity contribution in [2.24, 2.45) is 5.92 Å². The summed E-state index contributed by atoms with van der Waals surface area (Å²) in [7, 11) is 0. The maximum Gasteiger partial charge on any atom is 0.0651 e. The van der Waals surface area contributed by atoms with E-state index in [1.165, 1.54) is 11.1 Å². The van der Waals surface area contributed by atoms with Crippen LogP contribution in [0.15, 0.2) is 23.8 Å². The van der Waals surface area contributed by atoms with Gasteiger partial charge in [-0.2, -0.15) is 0 Å². The van der Waals surface area contributed by atoms with Crippen LogP contribution in [0.25, 0.3) is 0 Å². The monoisotopic (exact) mass is 222 g/mol. The van der Waals surface area contributed by atoms with Crippen molar-refractivity contribution < 1.29 is 5.11 Å². The lowest BCUT2D eigenvalue weighted by Gasteiger charge is -2.36. The Bertz CT molecular complexity index is 259. The smallest absolute Gasteiger partial charge is 0.0651 e. The third-order valence-electron chi connectivity index (χ3n) is 3.78. The van der Waals surface area contributed by atoms with Gasteiger partial charge in [-0.3, -0.25) is 0 Å². The molecule has 0 aromatic rings. The molecular formula is C15H26O. The van der Waals surface area contributed by atoms with Crippen LogP contribution in [0.5, 0.6) is 0 Å². The first-order valence-electron chi connectivity index (χ1n) is 6.44. The summed E-state index contributed by atoms with van der Waals surface area (Å²) in [5, 5.41) is 10.5. The van der Waals surface area contributed by atoms with Crippen molar-refractivity contribution in [3.63, 3.8) is 0 Å². The van der Waals surface area contributed by atoms with E-state index in [9.17, 15) is 5.11 Å². The second kappa shape index (κ2) is 5.67. The minimum absolute atomic E-state index is 0.462. The Morgan fingerprint density at radius 1 is 1.44 bits per heavy atom. The number of hydrogen-bond acceptors (Lipinski definition) is 1. The standard InChI is InChI=1S/C15H26O/c1-12(2)6-5-11-15(4,16)14-9-7-13(3)8-10-14/h6,14,16H,3,5,7-11H2,1-2,4H3/t15-/m1/s1. The molecule has 1 aliphatic carbocycles. The van der Waals surface area contributed by atoms with Gasteiger partial charge >= 0.3 is 0 Å². The summed E-state index contributed by atoms with van der Waals surface area (Å²) in [6, 6.07) is 0. The molecule has 1 atom stereocenters. The minimum atomic E-state index is -0.493. The van der Waals surface area contributed by atoms with Gasteiger partial charge in [0.1, 0.15) is 0 Å². The lowest BCUT2D eigenvalue weighted by Crippen LogP contribution is -2.35. The van der Waals surface area contributed by atoms with Crippen LogP contribution >= 0.6 is 0 Å². The molecule has 92 valence electrons. The molecule has 1 fully saturated rings. The van der Waals surface area contributed by atoms with Crippen LogP contribution < -0.4 is 0 Å². The molecule has 0 aromatic heterocycles. The third-order valence-corrected chi connectivity index (χ3v) is 3.78. The molecule has 0 spiro atoms. The van der Waals surface area contributed by atoms with E-state index in [-0.39, 0.29) is 0 Å². The molecule has 1 heteroatoms. The highest BCUT2D eigenvalue weighted by Crippen LogP contribution is 2.36. The van der Waals surface area contributed by atoms with Crippen LogP contribution in [0, 0.1) is 5.92 Å². The second-order valence-corrected chi connectivity index (χ2v) is 5.70. The number of allylic oxidation sites excluding steroid dienone is 3. The first-order chi connectivity index (χ1) is 7.42. The zero-order valence-corrected chi connectivity index (χ0v) is 11.1. The Balaban J connectivity index is 2.43. The van der Waals surface area contributed by atoms with Gasteiger partial charge in [0.2, 0.25) is 0 Å². The fraction of sp³-hybridized carbons (Fsp3) is 0.733. The van der Waals surface area contributed by atoms with E-state index < -0.39 is 5.60 Å². The van der Waals surface area contributed by atoms with Crippen molar-refractivity contribution in [2.45, 2.75) is 64.9 Å². The highest BCUT2D eigenvalue weighted by atomic mass is 16.3. The Morgan fingerprint density at radius 2 is 2.00 bits per heavy atom. The normalized spacial score (nSPS) is 21.6. The molecule has 0 amide bonds. The highest BCUT2D eigenvalue weighted by Gasteiger charge is 2.32. The van der Waals surface area contributed by atoms with Gasteiger partial charge in [0.05, 0.1) is 5.60 Å². The van der Waals surface area contributed by atoms with Gasteiger partial charge in [0.25, 0.3) is 0 Å². The van der Waals surface area contributed by atoms with Crippen LogP contribution in [0.2, 0.25) is 0 Å². The fourth-order valence-electron chi connectivity index (χ4n) is 2.51. The molecule has 1 aliphatic rings. The zero-order chi connectivity index (χ0) is 12.2. The predicted octanol–water partition coefficient (Wildman–Crippen LogP) is 4.23. The molecular weight excluding hydrogens is 196 g/mol. The topological polar surface area (TPSA) is 20.2 Å². The first-order valence-corrected chi connectivity index (χ1v) is 6.44. The molecule has 0 unspecified atom stereocenters. The van der Waals surface area contributed by atoms with Crippen molar-refractivity contribution in [1.29, 1.82) is 0 Å². The fourth-order valence-corrected chi connectivity index (χ4v) is 2.51. The summed E-state index contributed by atoms with van der Waals surface area (Å²) < 4.78 is 0. The molecule has 0 saturated heterocycles. The second-order valence-electron chi connectivity index (χ2n) is 5.70. The number of aliphatic hydroxyl groups is 1. The Hall–Kier alpha value is -0.560. The summed E-state index contributed by atoms with van der Waals surface area (Å²) in [5.74, 6) is 0.462. The van der Waals surface area contributed by atoms with E-state index in [4.69, 9.17) is 0 Å². The van der Waals surface area contributed by atoms with Gasteiger partial charge in [0.15, 0.2) is 0 Å². The molecule has 1 nitrogen and oxygen atoms in total. The van der Waals surface area contributed by atoms with Crippen LogP contribution in [-0.4, -0.2) is 10.7 Å². The Kier molecular flexibility index (Phi) is 4.79. The van der Waals surface area contributed by atoms with E-state index >= 15 is 0 Å². The molecule has 0 aliphatic heterocycles. The van der Waals surface area contributed by atoms with E-state index in [1.807, 2.05) is 6.92 Å². The predicted molar refractivity (Wildman–Crippen MR) is 70.4 cm³/mol. The largest absolute Gasteiger partial charge is 0.390 e. The van der Waals surface area contributed by atoms with Gasteiger partial charge < -0.3 is 5.11 Å². The van der Waals surface area contributed by atoms with E-state index in [1.54, 1.807) is 0 Å². The van der Waals surface area contributed by atoms with Crippen LogP contribution in [-0.2, 0) is 0 Å². The lowest BCUT2D eigenvalue weighted by molar-refractivity contribution is -0.0186. The van der Waals surface area contributed by atoms with Crippen molar-refractivity contribution in [1.82, 2.24) is 0 Å². The van der Waals surface area contributed by atoms with E-state index in [0.717, 1.165) is 38.5 Å². The van der Waals surface area contributed by atoms with E-state index in [2.05, 4.69) is 26.5 Å². The Labute approximate surface area is 100 Å². The molecule has 1 rings (SSSR count). The van der Waals surface area contributed by atoms with Crippen molar-refractivity contribution in [3.8, 4) is 0 Å². The Morgan fingerprint density at radius 3 is 2.50 bits per heavy atom. The van der Waals surface area contributed by atoms with Gasteiger partial charge in [-0.25, -0.2) is 0 Å². The maximum atomic E-state index is 10.5. The molecule has 0 radical (unpaired) electrons.